The van der Waals surface area contributed by atoms with Crippen molar-refractivity contribution in [2.24, 2.45) is 5.41 Å². The number of aliphatic hydroxyl groups excluding tert-OH is 1. The first-order valence-corrected chi connectivity index (χ1v) is 12.6. The normalized spacial score (nSPS) is 14.0. The molecule has 2 amide bonds. The summed E-state index contributed by atoms with van der Waals surface area (Å²) in [6.07, 6.45) is 2.67. The van der Waals surface area contributed by atoms with Crippen LogP contribution < -0.4 is 10.6 Å². The van der Waals surface area contributed by atoms with Gasteiger partial charge in [0.1, 0.15) is 11.9 Å². The van der Waals surface area contributed by atoms with Crippen molar-refractivity contribution in [2.45, 2.75) is 78.7 Å². The van der Waals surface area contributed by atoms with Crippen molar-refractivity contribution in [1.29, 1.82) is 0 Å². The Balaban J connectivity index is 1.66. The number of aromatic nitrogens is 4. The first kappa shape index (κ1) is 27.9. The summed E-state index contributed by atoms with van der Waals surface area (Å²) in [5, 5.41) is 27.0. The summed E-state index contributed by atoms with van der Waals surface area (Å²) in [5.41, 5.74) is 2.64. The van der Waals surface area contributed by atoms with Gasteiger partial charge in [0.25, 0.3) is 5.91 Å². The van der Waals surface area contributed by atoms with Gasteiger partial charge in [0, 0.05) is 23.2 Å². The molecule has 3 rings (SSSR count). The number of carbonyl (C=O) groups excluding carboxylic acids is 2. The van der Waals surface area contributed by atoms with Crippen molar-refractivity contribution in [1.82, 2.24) is 25.3 Å². The van der Waals surface area contributed by atoms with Gasteiger partial charge in [-0.2, -0.15) is 10.2 Å². The summed E-state index contributed by atoms with van der Waals surface area (Å²) in [7, 11) is 0. The summed E-state index contributed by atoms with van der Waals surface area (Å²) in [5.74, 6) is -0.281. The van der Waals surface area contributed by atoms with Crippen LogP contribution in [0.15, 0.2) is 48.8 Å². The summed E-state index contributed by atoms with van der Waals surface area (Å²) in [4.78, 5) is 25.5. The van der Waals surface area contributed by atoms with Crippen LogP contribution in [0.4, 0.5) is 10.6 Å². The van der Waals surface area contributed by atoms with Crippen LogP contribution in [0.5, 0.6) is 0 Å². The highest BCUT2D eigenvalue weighted by atomic mass is 16.6. The van der Waals surface area contributed by atoms with Crippen molar-refractivity contribution < 1.29 is 19.4 Å². The van der Waals surface area contributed by atoms with Gasteiger partial charge >= 0.3 is 6.09 Å². The van der Waals surface area contributed by atoms with Crippen LogP contribution in [0.25, 0.3) is 11.3 Å². The zero-order valence-corrected chi connectivity index (χ0v) is 22.2. The maximum absolute atomic E-state index is 12.9. The molecule has 0 aliphatic heterocycles. The van der Waals surface area contributed by atoms with E-state index in [2.05, 4.69) is 25.9 Å². The van der Waals surface area contributed by atoms with Crippen LogP contribution in [0.1, 0.15) is 52.5 Å². The third kappa shape index (κ3) is 8.18. The number of aryl methyl sites for hydroxylation is 1. The number of unbranched alkanes of at least 4 members (excludes halogenated alkanes) is 1. The van der Waals surface area contributed by atoms with Gasteiger partial charge in [-0.3, -0.25) is 14.6 Å². The number of hydrogen-bond acceptors (Lipinski definition) is 6. The number of rotatable bonds is 11. The monoisotopic (exact) mass is 510 g/mol. The highest BCUT2D eigenvalue weighted by molar-refractivity contribution is 5.94. The minimum atomic E-state index is -1.46. The Morgan fingerprint density at radius 2 is 1.89 bits per heavy atom. The molecule has 0 radical (unpaired) electrons. The Bertz CT molecular complexity index is 1130. The number of amides is 2. The number of benzene rings is 1. The maximum Gasteiger partial charge on any atom is 0.407 e. The zero-order chi connectivity index (χ0) is 27.0. The highest BCUT2D eigenvalue weighted by Crippen LogP contribution is 2.25. The Morgan fingerprint density at radius 1 is 1.16 bits per heavy atom. The van der Waals surface area contributed by atoms with E-state index in [1.165, 1.54) is 11.8 Å². The zero-order valence-electron chi connectivity index (χ0n) is 22.2. The summed E-state index contributed by atoms with van der Waals surface area (Å²) >= 11 is 0. The Labute approximate surface area is 217 Å². The van der Waals surface area contributed by atoms with Crippen LogP contribution in [0.3, 0.4) is 0 Å². The smallest absolute Gasteiger partial charge is 0.407 e. The van der Waals surface area contributed by atoms with E-state index in [0.29, 0.717) is 18.8 Å². The number of nitrogens with zero attached hydrogens (tertiary/aromatic N) is 3. The van der Waals surface area contributed by atoms with E-state index in [1.807, 2.05) is 71.1 Å². The predicted octanol–water partition coefficient (Wildman–Crippen LogP) is 4.28. The Kier molecular flexibility index (Phi) is 9.46. The molecule has 2 heterocycles. The molecule has 3 aromatic rings. The molecule has 0 aliphatic rings. The Hall–Kier alpha value is -3.66. The quantitative estimate of drug-likeness (QED) is 0.304. The first-order valence-electron chi connectivity index (χ1n) is 12.6. The number of alkyl carbamates (subject to hydrolysis) is 1. The number of nitrogens with one attached hydrogen (secondary N) is 3. The van der Waals surface area contributed by atoms with Gasteiger partial charge < -0.3 is 20.5 Å². The van der Waals surface area contributed by atoms with Gasteiger partial charge in [-0.15, -0.1) is 0 Å². The van der Waals surface area contributed by atoms with Crippen molar-refractivity contribution >= 4 is 17.8 Å². The van der Waals surface area contributed by atoms with Gasteiger partial charge in [-0.05, 0) is 19.4 Å². The molecule has 0 aliphatic carbocycles. The number of hydrogen-bond donors (Lipinski definition) is 4. The lowest BCUT2D eigenvalue weighted by atomic mass is 9.89. The van der Waals surface area contributed by atoms with Gasteiger partial charge in [-0.1, -0.05) is 70.4 Å². The highest BCUT2D eigenvalue weighted by Gasteiger charge is 2.32. The molecule has 4 N–H and O–H groups in total. The number of aliphatic hydroxyl groups is 1. The summed E-state index contributed by atoms with van der Waals surface area (Å²) < 4.78 is 7.59. The van der Waals surface area contributed by atoms with Crippen LogP contribution in [-0.2, 0) is 16.1 Å². The average Bonchev–Trinajstić information content (AvgIpc) is 3.53. The topological polar surface area (TPSA) is 134 Å². The van der Waals surface area contributed by atoms with Crippen molar-refractivity contribution in [3.63, 3.8) is 0 Å². The molecule has 2 aromatic heterocycles. The molecule has 37 heavy (non-hydrogen) atoms. The molecule has 0 saturated heterocycles. The molecule has 0 saturated carbocycles. The van der Waals surface area contributed by atoms with Crippen molar-refractivity contribution in [2.75, 3.05) is 5.32 Å². The SMILES string of the molecule is CCCC[C@H](NC(=O)O[C@H](Cn1ccc(-c2ccc(C)cc2)n1)C(C)(C)C)[C@@H](O)C(=O)Nc1ccn[nH]1. The molecule has 10 heteroatoms. The number of ether oxygens (including phenoxy) is 1. The van der Waals surface area contributed by atoms with E-state index < -0.39 is 30.3 Å². The third-order valence-corrected chi connectivity index (χ3v) is 6.14. The molecule has 0 bridgehead atoms. The average molecular weight is 511 g/mol. The van der Waals surface area contributed by atoms with Crippen molar-refractivity contribution in [3.8, 4) is 11.3 Å². The number of H-pyrrole nitrogens is 1. The minimum absolute atomic E-state index is 0.352. The fourth-order valence-electron chi connectivity index (χ4n) is 3.76. The number of aromatic amines is 1. The molecular weight excluding hydrogens is 472 g/mol. The standard InChI is InChI=1S/C27H38N6O4/c1-6-7-8-21(24(34)25(35)30-23-13-15-28-31-23)29-26(36)37-22(27(3,4)5)17-33-16-14-20(32-33)19-11-9-18(2)10-12-19/h9-16,21-22,24,34H,6-8,17H2,1-5H3,(H,29,36)(H2,28,30,31,35)/t21-,22+,24+/m0/s1. The minimum Gasteiger partial charge on any atom is -0.444 e. The van der Waals surface area contributed by atoms with Gasteiger partial charge in [0.05, 0.1) is 24.5 Å². The fourth-order valence-corrected chi connectivity index (χ4v) is 3.76. The molecule has 3 atom stereocenters. The molecule has 10 nitrogen and oxygen atoms in total. The van der Waals surface area contributed by atoms with E-state index in [9.17, 15) is 14.7 Å². The lowest BCUT2D eigenvalue weighted by Crippen LogP contribution is -2.50. The van der Waals surface area contributed by atoms with E-state index >= 15 is 0 Å². The molecule has 200 valence electrons. The van der Waals surface area contributed by atoms with Crippen LogP contribution in [-0.4, -0.2) is 55.3 Å². The third-order valence-electron chi connectivity index (χ3n) is 6.14. The number of anilines is 1. The second-order valence-corrected chi connectivity index (χ2v) is 10.3. The van der Waals surface area contributed by atoms with Crippen LogP contribution >= 0.6 is 0 Å². The summed E-state index contributed by atoms with van der Waals surface area (Å²) in [6.45, 7) is 10.3. The predicted molar refractivity (Wildman–Crippen MR) is 142 cm³/mol. The molecule has 0 spiro atoms. The van der Waals surface area contributed by atoms with E-state index in [1.54, 1.807) is 10.7 Å². The lowest BCUT2D eigenvalue weighted by molar-refractivity contribution is -0.125. The lowest BCUT2D eigenvalue weighted by Gasteiger charge is -2.31. The molecule has 0 fully saturated rings. The van der Waals surface area contributed by atoms with Crippen LogP contribution in [0.2, 0.25) is 0 Å². The molecular formula is C27H38N6O4. The van der Waals surface area contributed by atoms with Crippen LogP contribution in [0, 0.1) is 12.3 Å². The second-order valence-electron chi connectivity index (χ2n) is 10.3. The largest absolute Gasteiger partial charge is 0.444 e. The van der Waals surface area contributed by atoms with E-state index in [0.717, 1.165) is 24.1 Å². The number of carbonyl (C=O) groups is 2. The fraction of sp³-hybridized carbons (Fsp3) is 0.481. The molecule has 1 aromatic carbocycles. The second kappa shape index (κ2) is 12.5. The maximum atomic E-state index is 12.9. The van der Waals surface area contributed by atoms with E-state index in [4.69, 9.17) is 4.74 Å². The van der Waals surface area contributed by atoms with Gasteiger partial charge in [-0.25, -0.2) is 4.79 Å². The molecule has 0 unspecified atom stereocenters. The van der Waals surface area contributed by atoms with Gasteiger partial charge in [0.2, 0.25) is 0 Å². The first-order chi connectivity index (χ1) is 17.6. The summed E-state index contributed by atoms with van der Waals surface area (Å²) in [6, 6.07) is 10.8. The van der Waals surface area contributed by atoms with E-state index in [-0.39, 0.29) is 5.41 Å². The van der Waals surface area contributed by atoms with Gasteiger partial charge in [0.15, 0.2) is 6.10 Å². The van der Waals surface area contributed by atoms with Crippen molar-refractivity contribution in [3.05, 3.63) is 54.4 Å². The Morgan fingerprint density at radius 3 is 2.51 bits per heavy atom.